The lowest BCUT2D eigenvalue weighted by Gasteiger charge is -2.16. The van der Waals surface area contributed by atoms with Crippen LogP contribution in [0.25, 0.3) is 0 Å². The third-order valence-electron chi connectivity index (χ3n) is 2.48. The molecule has 110 valence electrons. The number of nitrogens with one attached hydrogen (secondary N) is 1. The number of non-ortho nitro benzene ring substituents is 1. The molecule has 0 aliphatic carbocycles. The summed E-state index contributed by atoms with van der Waals surface area (Å²) in [6, 6.07) is 3.85. The maximum absolute atomic E-state index is 11.8. The minimum atomic E-state index is -0.784. The van der Waals surface area contributed by atoms with Crippen molar-refractivity contribution in [3.05, 3.63) is 33.3 Å². The zero-order chi connectivity index (χ0) is 15.3. The van der Waals surface area contributed by atoms with Gasteiger partial charge < -0.3 is 10.1 Å². The van der Waals surface area contributed by atoms with Gasteiger partial charge in [0, 0.05) is 12.6 Å². The summed E-state index contributed by atoms with van der Waals surface area (Å²) in [7, 11) is 0. The number of carbonyl (C=O) groups is 1. The number of nitro groups is 1. The predicted molar refractivity (Wildman–Crippen MR) is 76.0 cm³/mol. The Balaban J connectivity index is 2.74. The summed E-state index contributed by atoms with van der Waals surface area (Å²) in [6.07, 6.45) is -0.784. The number of nitro benzene ring substituents is 1. The second-order valence-electron chi connectivity index (χ2n) is 4.77. The SMILES string of the molecule is CC(C)CNC(=O)C(C)Oc1cc([N+](=O)[O-])ccc1Cl. The van der Waals surface area contributed by atoms with Gasteiger partial charge in [0.1, 0.15) is 5.75 Å². The molecule has 0 saturated heterocycles. The zero-order valence-electron chi connectivity index (χ0n) is 11.6. The number of carbonyl (C=O) groups excluding carboxylic acids is 1. The molecule has 7 heteroatoms. The van der Waals surface area contributed by atoms with Crippen LogP contribution in [0.2, 0.25) is 5.02 Å². The van der Waals surface area contributed by atoms with Gasteiger partial charge >= 0.3 is 0 Å². The summed E-state index contributed by atoms with van der Waals surface area (Å²) in [4.78, 5) is 21.9. The molecule has 0 heterocycles. The van der Waals surface area contributed by atoms with E-state index in [2.05, 4.69) is 5.32 Å². The number of benzene rings is 1. The van der Waals surface area contributed by atoms with Crippen molar-refractivity contribution in [3.8, 4) is 5.75 Å². The Bertz CT molecular complexity index is 505. The molecular formula is C13H17ClN2O4. The smallest absolute Gasteiger partial charge is 0.273 e. The summed E-state index contributed by atoms with van der Waals surface area (Å²) < 4.78 is 5.38. The highest BCUT2D eigenvalue weighted by Crippen LogP contribution is 2.29. The number of nitrogens with zero attached hydrogens (tertiary/aromatic N) is 1. The van der Waals surface area contributed by atoms with Crippen molar-refractivity contribution < 1.29 is 14.5 Å². The van der Waals surface area contributed by atoms with Crippen LogP contribution in [-0.2, 0) is 4.79 Å². The number of rotatable bonds is 6. The van der Waals surface area contributed by atoms with E-state index < -0.39 is 11.0 Å². The highest BCUT2D eigenvalue weighted by atomic mass is 35.5. The average molecular weight is 301 g/mol. The third-order valence-corrected chi connectivity index (χ3v) is 2.80. The Kier molecular flexibility index (Phi) is 5.76. The second kappa shape index (κ2) is 7.09. The Morgan fingerprint density at radius 2 is 2.10 bits per heavy atom. The molecular weight excluding hydrogens is 284 g/mol. The fourth-order valence-corrected chi connectivity index (χ4v) is 1.55. The van der Waals surface area contributed by atoms with E-state index in [9.17, 15) is 14.9 Å². The standard InChI is InChI=1S/C13H17ClN2O4/c1-8(2)7-15-13(17)9(3)20-12-6-10(16(18)19)4-5-11(12)14/h4-6,8-9H,7H2,1-3H3,(H,15,17). The molecule has 1 aromatic rings. The molecule has 1 atom stereocenters. The largest absolute Gasteiger partial charge is 0.479 e. The Labute approximate surface area is 122 Å². The molecule has 20 heavy (non-hydrogen) atoms. The molecule has 0 spiro atoms. The van der Waals surface area contributed by atoms with Gasteiger partial charge in [-0.15, -0.1) is 0 Å². The first-order chi connectivity index (χ1) is 9.31. The van der Waals surface area contributed by atoms with Gasteiger partial charge in [-0.1, -0.05) is 25.4 Å². The van der Waals surface area contributed by atoms with Crippen LogP contribution in [0.4, 0.5) is 5.69 Å². The first kappa shape index (κ1) is 16.2. The van der Waals surface area contributed by atoms with Gasteiger partial charge in [0.2, 0.25) is 0 Å². The highest BCUT2D eigenvalue weighted by molar-refractivity contribution is 6.32. The lowest BCUT2D eigenvalue weighted by atomic mass is 10.2. The summed E-state index contributed by atoms with van der Waals surface area (Å²) in [5.74, 6) is 0.155. The van der Waals surface area contributed by atoms with Gasteiger partial charge in [0.25, 0.3) is 11.6 Å². The van der Waals surface area contributed by atoms with E-state index in [0.29, 0.717) is 12.5 Å². The van der Waals surface area contributed by atoms with E-state index in [1.165, 1.54) is 18.2 Å². The van der Waals surface area contributed by atoms with Crippen LogP contribution in [0.15, 0.2) is 18.2 Å². The van der Waals surface area contributed by atoms with Crippen molar-refractivity contribution in [1.82, 2.24) is 5.32 Å². The quantitative estimate of drug-likeness (QED) is 0.647. The Morgan fingerprint density at radius 3 is 2.65 bits per heavy atom. The molecule has 0 aromatic heterocycles. The van der Waals surface area contributed by atoms with Crippen LogP contribution in [-0.4, -0.2) is 23.5 Å². The Morgan fingerprint density at radius 1 is 1.45 bits per heavy atom. The molecule has 0 aliphatic rings. The first-order valence-corrected chi connectivity index (χ1v) is 6.57. The molecule has 0 fully saturated rings. The monoisotopic (exact) mass is 300 g/mol. The van der Waals surface area contributed by atoms with E-state index in [1.54, 1.807) is 6.92 Å². The molecule has 6 nitrogen and oxygen atoms in total. The zero-order valence-corrected chi connectivity index (χ0v) is 12.3. The average Bonchev–Trinajstić information content (AvgIpc) is 2.37. The van der Waals surface area contributed by atoms with Crippen LogP contribution >= 0.6 is 11.6 Å². The van der Waals surface area contributed by atoms with Gasteiger partial charge in [-0.25, -0.2) is 0 Å². The van der Waals surface area contributed by atoms with Gasteiger partial charge in [0.05, 0.1) is 16.0 Å². The molecule has 0 bridgehead atoms. The van der Waals surface area contributed by atoms with Crippen LogP contribution < -0.4 is 10.1 Å². The normalized spacial score (nSPS) is 12.1. The topological polar surface area (TPSA) is 81.5 Å². The van der Waals surface area contributed by atoms with E-state index in [1.807, 2.05) is 13.8 Å². The Hall–Kier alpha value is -1.82. The number of hydrogen-bond acceptors (Lipinski definition) is 4. The highest BCUT2D eigenvalue weighted by Gasteiger charge is 2.18. The van der Waals surface area contributed by atoms with Crippen molar-refractivity contribution in [2.24, 2.45) is 5.92 Å². The molecule has 0 radical (unpaired) electrons. The molecule has 1 N–H and O–H groups in total. The van der Waals surface area contributed by atoms with Crippen molar-refractivity contribution in [2.75, 3.05) is 6.54 Å². The van der Waals surface area contributed by atoms with E-state index in [-0.39, 0.29) is 22.4 Å². The summed E-state index contributed by atoms with van der Waals surface area (Å²) in [5, 5.41) is 13.6. The summed E-state index contributed by atoms with van der Waals surface area (Å²) in [5.41, 5.74) is -0.140. The third kappa shape index (κ3) is 4.70. The molecule has 1 unspecified atom stereocenters. The van der Waals surface area contributed by atoms with Gasteiger partial charge in [-0.05, 0) is 18.9 Å². The number of halogens is 1. The second-order valence-corrected chi connectivity index (χ2v) is 5.18. The lowest BCUT2D eigenvalue weighted by Crippen LogP contribution is -2.38. The predicted octanol–water partition coefficient (Wildman–Crippen LogP) is 2.79. The molecule has 1 amide bonds. The molecule has 0 saturated carbocycles. The maximum atomic E-state index is 11.8. The summed E-state index contributed by atoms with van der Waals surface area (Å²) in [6.45, 7) is 6.05. The molecule has 0 aliphatic heterocycles. The molecule has 1 rings (SSSR count). The van der Waals surface area contributed by atoms with Gasteiger partial charge in [0.15, 0.2) is 6.10 Å². The fourth-order valence-electron chi connectivity index (χ4n) is 1.39. The lowest BCUT2D eigenvalue weighted by molar-refractivity contribution is -0.384. The van der Waals surface area contributed by atoms with Crippen molar-refractivity contribution in [2.45, 2.75) is 26.9 Å². The fraction of sp³-hybridized carbons (Fsp3) is 0.462. The van der Waals surface area contributed by atoms with Crippen LogP contribution in [0.5, 0.6) is 5.75 Å². The first-order valence-electron chi connectivity index (χ1n) is 6.19. The van der Waals surface area contributed by atoms with Crippen molar-refractivity contribution >= 4 is 23.2 Å². The number of hydrogen-bond donors (Lipinski definition) is 1. The number of ether oxygens (including phenoxy) is 1. The van der Waals surface area contributed by atoms with Crippen LogP contribution in [0.1, 0.15) is 20.8 Å². The van der Waals surface area contributed by atoms with Crippen LogP contribution in [0, 0.1) is 16.0 Å². The van der Waals surface area contributed by atoms with E-state index in [0.717, 1.165) is 0 Å². The van der Waals surface area contributed by atoms with Gasteiger partial charge in [-0.3, -0.25) is 14.9 Å². The van der Waals surface area contributed by atoms with E-state index >= 15 is 0 Å². The van der Waals surface area contributed by atoms with Crippen molar-refractivity contribution in [1.29, 1.82) is 0 Å². The minimum Gasteiger partial charge on any atom is -0.479 e. The van der Waals surface area contributed by atoms with Crippen LogP contribution in [0.3, 0.4) is 0 Å². The van der Waals surface area contributed by atoms with Crippen molar-refractivity contribution in [3.63, 3.8) is 0 Å². The maximum Gasteiger partial charge on any atom is 0.273 e. The van der Waals surface area contributed by atoms with Gasteiger partial charge in [-0.2, -0.15) is 0 Å². The minimum absolute atomic E-state index is 0.119. The van der Waals surface area contributed by atoms with E-state index in [4.69, 9.17) is 16.3 Å². The molecule has 1 aromatic carbocycles. The summed E-state index contributed by atoms with van der Waals surface area (Å²) >= 11 is 5.90. The number of amides is 1.